The van der Waals surface area contributed by atoms with Gasteiger partial charge in [0, 0.05) is 33.2 Å². The summed E-state index contributed by atoms with van der Waals surface area (Å²) in [5, 5.41) is 8.64. The number of carboxylic acids is 1. The molecule has 0 amide bonds. The van der Waals surface area contributed by atoms with Gasteiger partial charge in [-0.25, -0.2) is 0 Å². The average molecular weight is 266 g/mol. The number of rotatable bonds is 7. The van der Waals surface area contributed by atoms with E-state index in [9.17, 15) is 13.2 Å². The Kier molecular flexibility index (Phi) is 5.31. The van der Waals surface area contributed by atoms with Crippen LogP contribution in [0.25, 0.3) is 0 Å². The summed E-state index contributed by atoms with van der Waals surface area (Å²) < 4.78 is 31.9. The first kappa shape index (κ1) is 14.4. The summed E-state index contributed by atoms with van der Waals surface area (Å²) in [5.41, 5.74) is 0. The minimum absolute atomic E-state index is 0.0179. The van der Waals surface area contributed by atoms with E-state index in [1.165, 1.54) is 11.4 Å². The van der Waals surface area contributed by atoms with Gasteiger partial charge in [0.1, 0.15) is 0 Å². The molecule has 0 spiro atoms. The van der Waals surface area contributed by atoms with Gasteiger partial charge in [0.05, 0.1) is 6.61 Å². The van der Waals surface area contributed by atoms with Crippen molar-refractivity contribution in [3.8, 4) is 0 Å². The monoisotopic (exact) mass is 266 g/mol. The van der Waals surface area contributed by atoms with Crippen LogP contribution in [0.5, 0.6) is 0 Å². The zero-order valence-corrected chi connectivity index (χ0v) is 10.6. The highest BCUT2D eigenvalue weighted by Gasteiger charge is 2.31. The van der Waals surface area contributed by atoms with E-state index in [0.29, 0.717) is 19.6 Å². The normalized spacial score (nSPS) is 21.8. The van der Waals surface area contributed by atoms with Gasteiger partial charge >= 0.3 is 5.97 Å². The molecule has 0 aromatic heterocycles. The second kappa shape index (κ2) is 6.29. The highest BCUT2D eigenvalue weighted by Crippen LogP contribution is 2.21. The van der Waals surface area contributed by atoms with Crippen molar-refractivity contribution in [3.63, 3.8) is 0 Å². The number of hydrogen-bond acceptors (Lipinski definition) is 4. The lowest BCUT2D eigenvalue weighted by Crippen LogP contribution is -2.40. The van der Waals surface area contributed by atoms with Crippen molar-refractivity contribution >= 4 is 16.2 Å². The molecule has 1 rings (SSSR count). The number of nitrogens with zero attached hydrogens (tertiary/aromatic N) is 1. The number of methoxy groups -OCH3 is 1. The molecule has 0 bridgehead atoms. The molecule has 1 unspecified atom stereocenters. The fraction of sp³-hybridized carbons (Fsp3) is 0.889. The molecule has 1 aliphatic heterocycles. The first-order chi connectivity index (χ1) is 7.95. The van der Waals surface area contributed by atoms with E-state index in [-0.39, 0.29) is 25.4 Å². The number of carbonyl (C=O) groups is 1. The minimum atomic E-state index is -3.49. The first-order valence-corrected chi connectivity index (χ1v) is 6.85. The summed E-state index contributed by atoms with van der Waals surface area (Å²) >= 11 is 0. The summed E-state index contributed by atoms with van der Waals surface area (Å²) in [7, 11) is -2.00. The van der Waals surface area contributed by atoms with Crippen molar-refractivity contribution in [3.05, 3.63) is 0 Å². The Balaban J connectivity index is 2.43. The van der Waals surface area contributed by atoms with E-state index in [4.69, 9.17) is 9.84 Å². The molecule has 1 atom stereocenters. The van der Waals surface area contributed by atoms with Crippen LogP contribution >= 0.6 is 0 Å². The van der Waals surface area contributed by atoms with Gasteiger partial charge in [-0.15, -0.1) is 0 Å². The Morgan fingerprint density at radius 2 is 2.29 bits per heavy atom. The highest BCUT2D eigenvalue weighted by molar-refractivity contribution is 7.87. The smallest absolute Gasteiger partial charge is 0.303 e. The number of carboxylic acid groups (broad SMARTS) is 1. The molecule has 0 aliphatic carbocycles. The van der Waals surface area contributed by atoms with Gasteiger partial charge in [0.25, 0.3) is 10.2 Å². The summed E-state index contributed by atoms with van der Waals surface area (Å²) in [6.45, 7) is 1.18. The number of ether oxygens (including phenoxy) is 1. The minimum Gasteiger partial charge on any atom is -0.481 e. The Labute approximate surface area is 101 Å². The predicted molar refractivity (Wildman–Crippen MR) is 60.7 cm³/mol. The Hall–Kier alpha value is -0.700. The molecular weight excluding hydrogens is 248 g/mol. The predicted octanol–water partition coefficient (Wildman–Crippen LogP) is -0.736. The lowest BCUT2D eigenvalue weighted by atomic mass is 10.1. The van der Waals surface area contributed by atoms with Gasteiger partial charge in [0.2, 0.25) is 0 Å². The molecule has 100 valence electrons. The molecule has 1 heterocycles. The summed E-state index contributed by atoms with van der Waals surface area (Å²) in [6.07, 6.45) is 0.613. The van der Waals surface area contributed by atoms with Crippen LogP contribution in [-0.2, 0) is 19.7 Å². The number of aliphatic carboxylic acids is 1. The summed E-state index contributed by atoms with van der Waals surface area (Å²) in [4.78, 5) is 10.5. The van der Waals surface area contributed by atoms with E-state index in [0.717, 1.165) is 0 Å². The van der Waals surface area contributed by atoms with Crippen molar-refractivity contribution in [2.45, 2.75) is 12.8 Å². The van der Waals surface area contributed by atoms with Crippen LogP contribution in [0.2, 0.25) is 0 Å². The van der Waals surface area contributed by atoms with Gasteiger partial charge in [-0.2, -0.15) is 17.4 Å². The van der Waals surface area contributed by atoms with Crippen molar-refractivity contribution in [2.24, 2.45) is 5.92 Å². The molecule has 0 aromatic rings. The van der Waals surface area contributed by atoms with Gasteiger partial charge < -0.3 is 9.84 Å². The standard InChI is InChI=1S/C9H18N2O5S/c1-16-5-3-10-17(14,15)11-4-2-8(7-11)6-9(12)13/h8,10H,2-7H2,1H3,(H,12,13). The van der Waals surface area contributed by atoms with E-state index in [1.807, 2.05) is 0 Å². The van der Waals surface area contributed by atoms with Crippen molar-refractivity contribution in [1.29, 1.82) is 0 Å². The molecule has 0 saturated carbocycles. The molecule has 17 heavy (non-hydrogen) atoms. The van der Waals surface area contributed by atoms with Gasteiger partial charge in [0.15, 0.2) is 0 Å². The van der Waals surface area contributed by atoms with Crippen LogP contribution in [0, 0.1) is 5.92 Å². The largest absolute Gasteiger partial charge is 0.481 e. The van der Waals surface area contributed by atoms with Crippen molar-refractivity contribution in [1.82, 2.24) is 9.03 Å². The number of hydrogen-bond donors (Lipinski definition) is 2. The van der Waals surface area contributed by atoms with Crippen LogP contribution in [0.15, 0.2) is 0 Å². The third kappa shape index (κ3) is 4.58. The number of nitrogens with one attached hydrogen (secondary N) is 1. The van der Waals surface area contributed by atoms with E-state index in [1.54, 1.807) is 0 Å². The first-order valence-electron chi connectivity index (χ1n) is 5.41. The molecule has 0 aromatic carbocycles. The van der Waals surface area contributed by atoms with Crippen molar-refractivity contribution < 1.29 is 23.1 Å². The maximum Gasteiger partial charge on any atom is 0.303 e. The van der Waals surface area contributed by atoms with Crippen LogP contribution < -0.4 is 4.72 Å². The van der Waals surface area contributed by atoms with Gasteiger partial charge in [-0.05, 0) is 12.3 Å². The molecule has 1 saturated heterocycles. The van der Waals surface area contributed by atoms with E-state index >= 15 is 0 Å². The zero-order valence-electron chi connectivity index (χ0n) is 9.76. The quantitative estimate of drug-likeness (QED) is 0.592. The molecule has 7 nitrogen and oxygen atoms in total. The Morgan fingerprint density at radius 3 is 2.88 bits per heavy atom. The summed E-state index contributed by atoms with van der Waals surface area (Å²) in [6, 6.07) is 0. The highest BCUT2D eigenvalue weighted by atomic mass is 32.2. The van der Waals surface area contributed by atoms with Gasteiger partial charge in [-0.1, -0.05) is 0 Å². The van der Waals surface area contributed by atoms with E-state index < -0.39 is 16.2 Å². The lowest BCUT2D eigenvalue weighted by molar-refractivity contribution is -0.137. The van der Waals surface area contributed by atoms with Crippen molar-refractivity contribution in [2.75, 3.05) is 33.4 Å². The summed E-state index contributed by atoms with van der Waals surface area (Å²) in [5.74, 6) is -0.979. The topological polar surface area (TPSA) is 95.9 Å². The molecule has 0 radical (unpaired) electrons. The molecule has 2 N–H and O–H groups in total. The average Bonchev–Trinajstić information content (AvgIpc) is 2.66. The van der Waals surface area contributed by atoms with E-state index in [2.05, 4.69) is 4.72 Å². The maximum atomic E-state index is 11.8. The third-order valence-electron chi connectivity index (χ3n) is 2.64. The second-order valence-corrected chi connectivity index (χ2v) is 5.76. The second-order valence-electron chi connectivity index (χ2n) is 4.00. The van der Waals surface area contributed by atoms with Gasteiger partial charge in [-0.3, -0.25) is 4.79 Å². The zero-order chi connectivity index (χ0) is 12.9. The SMILES string of the molecule is COCCNS(=O)(=O)N1CCC(CC(=O)O)C1. The third-order valence-corrected chi connectivity index (χ3v) is 4.22. The van der Waals surface area contributed by atoms with Crippen LogP contribution in [-0.4, -0.2) is 57.1 Å². The Bertz CT molecular complexity index is 356. The Morgan fingerprint density at radius 1 is 1.59 bits per heavy atom. The molecule has 1 aliphatic rings. The molecular formula is C9H18N2O5S. The van der Waals surface area contributed by atoms with Crippen LogP contribution in [0.3, 0.4) is 0 Å². The fourth-order valence-electron chi connectivity index (χ4n) is 1.79. The molecule has 1 fully saturated rings. The maximum absolute atomic E-state index is 11.8. The van der Waals surface area contributed by atoms with Crippen LogP contribution in [0.4, 0.5) is 0 Å². The fourth-order valence-corrected chi connectivity index (χ4v) is 3.07. The molecule has 8 heteroatoms. The van der Waals surface area contributed by atoms with Crippen LogP contribution in [0.1, 0.15) is 12.8 Å². The lowest BCUT2D eigenvalue weighted by Gasteiger charge is -2.16.